The van der Waals surface area contributed by atoms with E-state index >= 15 is 0 Å². The molecule has 0 saturated heterocycles. The molecule has 0 bridgehead atoms. The third kappa shape index (κ3) is 2.52. The molecule has 0 radical (unpaired) electrons. The van der Waals surface area contributed by atoms with Gasteiger partial charge in [0, 0.05) is 5.54 Å². The number of sulfonamides is 1. The molecule has 1 fully saturated rings. The van der Waals surface area contributed by atoms with Crippen molar-refractivity contribution in [1.82, 2.24) is 4.72 Å². The first-order chi connectivity index (χ1) is 7.75. The summed E-state index contributed by atoms with van der Waals surface area (Å²) in [5.41, 5.74) is 5.33. The summed E-state index contributed by atoms with van der Waals surface area (Å²) in [6.45, 7) is 1.84. The van der Waals surface area contributed by atoms with E-state index in [2.05, 4.69) is 4.72 Å². The summed E-state index contributed by atoms with van der Waals surface area (Å²) in [6, 6.07) is 2.78. The van der Waals surface area contributed by atoms with Gasteiger partial charge >= 0.3 is 0 Å². The minimum atomic E-state index is -3.65. The van der Waals surface area contributed by atoms with E-state index in [9.17, 15) is 8.42 Å². The van der Waals surface area contributed by atoms with Crippen molar-refractivity contribution < 1.29 is 8.42 Å². The number of hydrogen-bond donors (Lipinski definition) is 2. The number of nitrogens with two attached hydrogens (primary N) is 1. The molecule has 1 saturated carbocycles. The molecule has 1 aromatic carbocycles. The summed E-state index contributed by atoms with van der Waals surface area (Å²) in [6.07, 6.45) is 1.65. The summed E-state index contributed by atoms with van der Waals surface area (Å²) in [5, 5.41) is 0.209. The molecule has 7 heteroatoms. The Morgan fingerprint density at radius 1 is 1.35 bits per heavy atom. The van der Waals surface area contributed by atoms with Crippen molar-refractivity contribution in [2.45, 2.75) is 30.2 Å². The maximum Gasteiger partial charge on any atom is 0.242 e. The third-order valence-corrected chi connectivity index (χ3v) is 5.29. The summed E-state index contributed by atoms with van der Waals surface area (Å²) < 4.78 is 26.8. The van der Waals surface area contributed by atoms with E-state index in [0.717, 1.165) is 12.8 Å². The smallest absolute Gasteiger partial charge is 0.242 e. The van der Waals surface area contributed by atoms with Gasteiger partial charge in [-0.3, -0.25) is 0 Å². The Kier molecular flexibility index (Phi) is 3.06. The number of nitrogen functional groups attached to an aromatic ring is 1. The van der Waals surface area contributed by atoms with Gasteiger partial charge < -0.3 is 5.73 Å². The average molecular weight is 295 g/mol. The van der Waals surface area contributed by atoms with Crippen LogP contribution in [-0.4, -0.2) is 14.0 Å². The molecule has 0 aromatic heterocycles. The van der Waals surface area contributed by atoms with Gasteiger partial charge in [-0.2, -0.15) is 0 Å². The second-order valence-corrected chi connectivity index (χ2v) is 6.88. The molecule has 0 amide bonds. The van der Waals surface area contributed by atoms with Crippen LogP contribution in [0, 0.1) is 0 Å². The highest BCUT2D eigenvalue weighted by atomic mass is 35.5. The molecule has 94 valence electrons. The number of nitrogens with one attached hydrogen (secondary N) is 1. The van der Waals surface area contributed by atoms with E-state index in [1.807, 2.05) is 6.92 Å². The highest BCUT2D eigenvalue weighted by molar-refractivity contribution is 7.89. The van der Waals surface area contributed by atoms with Crippen molar-refractivity contribution in [2.24, 2.45) is 0 Å². The number of rotatable bonds is 3. The molecule has 3 N–H and O–H groups in total. The van der Waals surface area contributed by atoms with Gasteiger partial charge in [0.1, 0.15) is 4.90 Å². The maximum absolute atomic E-state index is 12.1. The zero-order valence-electron chi connectivity index (χ0n) is 9.13. The zero-order valence-corrected chi connectivity index (χ0v) is 11.5. The molecule has 1 aliphatic rings. The molecule has 0 unspecified atom stereocenters. The predicted octanol–water partition coefficient (Wildman–Crippen LogP) is 2.41. The van der Waals surface area contributed by atoms with Crippen LogP contribution in [0.5, 0.6) is 0 Å². The van der Waals surface area contributed by atoms with Crippen LogP contribution in [0.25, 0.3) is 0 Å². The lowest BCUT2D eigenvalue weighted by molar-refractivity contribution is 0.558. The van der Waals surface area contributed by atoms with Crippen LogP contribution in [0.15, 0.2) is 17.0 Å². The Morgan fingerprint density at radius 3 is 2.47 bits per heavy atom. The molecular formula is C10H12Cl2N2O2S. The lowest BCUT2D eigenvalue weighted by atomic mass is 10.3. The van der Waals surface area contributed by atoms with Crippen LogP contribution in [0.1, 0.15) is 19.8 Å². The predicted molar refractivity (Wildman–Crippen MR) is 68.8 cm³/mol. The first kappa shape index (κ1) is 13.0. The quantitative estimate of drug-likeness (QED) is 0.841. The molecule has 1 aromatic rings. The van der Waals surface area contributed by atoms with Crippen molar-refractivity contribution >= 4 is 38.9 Å². The van der Waals surface area contributed by atoms with Gasteiger partial charge in [-0.05, 0) is 31.9 Å². The molecule has 0 aliphatic heterocycles. The highest BCUT2D eigenvalue weighted by Gasteiger charge is 2.41. The Bertz CT molecular complexity index is 568. The summed E-state index contributed by atoms with van der Waals surface area (Å²) in [5.74, 6) is 0. The van der Waals surface area contributed by atoms with E-state index in [4.69, 9.17) is 28.9 Å². The van der Waals surface area contributed by atoms with Gasteiger partial charge in [0.05, 0.1) is 15.7 Å². The van der Waals surface area contributed by atoms with Crippen molar-refractivity contribution in [3.05, 3.63) is 22.2 Å². The van der Waals surface area contributed by atoms with Crippen LogP contribution in [-0.2, 0) is 10.0 Å². The standard InChI is InChI=1S/C10H12Cl2N2O2S/c1-10(4-5-10)14-17(15,16)7-3-2-6(11)9(13)8(7)12/h2-3,14H,4-5,13H2,1H3. The third-order valence-electron chi connectivity index (χ3n) is 2.76. The fourth-order valence-corrected chi connectivity index (χ4v) is 3.66. The first-order valence-corrected chi connectivity index (χ1v) is 7.27. The van der Waals surface area contributed by atoms with Gasteiger partial charge in [-0.25, -0.2) is 13.1 Å². The molecule has 0 spiro atoms. The van der Waals surface area contributed by atoms with E-state index in [1.54, 1.807) is 0 Å². The van der Waals surface area contributed by atoms with Crippen molar-refractivity contribution in [3.8, 4) is 0 Å². The molecule has 2 rings (SSSR count). The van der Waals surface area contributed by atoms with Crippen LogP contribution < -0.4 is 10.5 Å². The number of hydrogen-bond acceptors (Lipinski definition) is 3. The zero-order chi connectivity index (χ0) is 12.8. The van der Waals surface area contributed by atoms with E-state index in [0.29, 0.717) is 0 Å². The van der Waals surface area contributed by atoms with Crippen LogP contribution in [0.2, 0.25) is 10.0 Å². The fourth-order valence-electron chi connectivity index (χ4n) is 1.43. The topological polar surface area (TPSA) is 72.2 Å². The SMILES string of the molecule is CC1(NS(=O)(=O)c2ccc(Cl)c(N)c2Cl)CC1. The van der Waals surface area contributed by atoms with Crippen LogP contribution >= 0.6 is 23.2 Å². The van der Waals surface area contributed by atoms with E-state index in [1.165, 1.54) is 12.1 Å². The van der Waals surface area contributed by atoms with Gasteiger partial charge in [-0.1, -0.05) is 23.2 Å². The molecule has 0 heterocycles. The molecule has 0 atom stereocenters. The van der Waals surface area contributed by atoms with E-state index in [-0.39, 0.29) is 26.2 Å². The van der Waals surface area contributed by atoms with Gasteiger partial charge in [0.25, 0.3) is 0 Å². The number of anilines is 1. The second-order valence-electron chi connectivity index (χ2n) is 4.44. The normalized spacial score (nSPS) is 18.1. The largest absolute Gasteiger partial charge is 0.396 e. The highest BCUT2D eigenvalue weighted by Crippen LogP contribution is 2.38. The average Bonchev–Trinajstić information content (AvgIpc) is 2.91. The van der Waals surface area contributed by atoms with E-state index < -0.39 is 10.0 Å². The van der Waals surface area contributed by atoms with Crippen molar-refractivity contribution in [2.75, 3.05) is 5.73 Å². The second kappa shape index (κ2) is 4.02. The fraction of sp³-hybridized carbons (Fsp3) is 0.400. The number of benzene rings is 1. The molecular weight excluding hydrogens is 283 g/mol. The Labute approximate surface area is 110 Å². The minimum absolute atomic E-state index is 0.0331. The first-order valence-electron chi connectivity index (χ1n) is 5.03. The monoisotopic (exact) mass is 294 g/mol. The summed E-state index contributed by atoms with van der Waals surface area (Å²) in [7, 11) is -3.65. The molecule has 17 heavy (non-hydrogen) atoms. The van der Waals surface area contributed by atoms with Crippen LogP contribution in [0.4, 0.5) is 5.69 Å². The molecule has 4 nitrogen and oxygen atoms in total. The Morgan fingerprint density at radius 2 is 1.94 bits per heavy atom. The van der Waals surface area contributed by atoms with Crippen molar-refractivity contribution in [1.29, 1.82) is 0 Å². The van der Waals surface area contributed by atoms with Gasteiger partial charge in [-0.15, -0.1) is 0 Å². The Balaban J connectivity index is 2.43. The van der Waals surface area contributed by atoms with Crippen LogP contribution in [0.3, 0.4) is 0 Å². The minimum Gasteiger partial charge on any atom is -0.396 e. The number of halogens is 2. The lowest BCUT2D eigenvalue weighted by Crippen LogP contribution is -2.34. The lowest BCUT2D eigenvalue weighted by Gasteiger charge is -2.14. The van der Waals surface area contributed by atoms with Gasteiger partial charge in [0.15, 0.2) is 0 Å². The van der Waals surface area contributed by atoms with Crippen molar-refractivity contribution in [3.63, 3.8) is 0 Å². The van der Waals surface area contributed by atoms with Gasteiger partial charge in [0.2, 0.25) is 10.0 Å². The summed E-state index contributed by atoms with van der Waals surface area (Å²) >= 11 is 11.7. The maximum atomic E-state index is 12.1. The molecule has 1 aliphatic carbocycles. The Hall–Kier alpha value is -0.490. The summed E-state index contributed by atoms with van der Waals surface area (Å²) in [4.78, 5) is -0.0332.